The van der Waals surface area contributed by atoms with Crippen LogP contribution in [-0.4, -0.2) is 36.7 Å². The summed E-state index contributed by atoms with van der Waals surface area (Å²) in [5, 5.41) is 4.94. The van der Waals surface area contributed by atoms with E-state index in [9.17, 15) is 18.8 Å². The molecule has 0 atom stereocenters. The Bertz CT molecular complexity index is 1020. The molecule has 1 aliphatic rings. The third-order valence-corrected chi connectivity index (χ3v) is 4.48. The molecule has 0 aliphatic carbocycles. The average Bonchev–Trinajstić information content (AvgIpc) is 2.72. The summed E-state index contributed by atoms with van der Waals surface area (Å²) in [5.74, 6) is -0.639. The number of fused-ring (bicyclic) bond motifs is 1. The van der Waals surface area contributed by atoms with E-state index >= 15 is 0 Å². The van der Waals surface area contributed by atoms with Crippen molar-refractivity contribution in [3.63, 3.8) is 0 Å². The van der Waals surface area contributed by atoms with Crippen LogP contribution in [0.1, 0.15) is 33.6 Å². The Balaban J connectivity index is 1.56. The van der Waals surface area contributed by atoms with Crippen molar-refractivity contribution in [1.82, 2.24) is 0 Å². The summed E-state index contributed by atoms with van der Waals surface area (Å²) in [6, 6.07) is 11.0. The Labute approximate surface area is 185 Å². The van der Waals surface area contributed by atoms with Crippen LogP contribution in [0.25, 0.3) is 0 Å². The van der Waals surface area contributed by atoms with Crippen LogP contribution in [0.5, 0.6) is 5.75 Å². The van der Waals surface area contributed by atoms with E-state index in [0.717, 1.165) is 6.07 Å². The molecule has 32 heavy (non-hydrogen) atoms. The number of nitrogens with zero attached hydrogens (tertiary/aromatic N) is 1. The van der Waals surface area contributed by atoms with Crippen LogP contribution < -0.4 is 20.3 Å². The number of amides is 3. The fraction of sp³-hybridized carbons (Fsp3) is 0.348. The number of para-hydroxylation sites is 2. The summed E-state index contributed by atoms with van der Waals surface area (Å²) < 4.78 is 24.7. The van der Waals surface area contributed by atoms with Crippen LogP contribution in [0, 0.1) is 5.82 Å². The van der Waals surface area contributed by atoms with Crippen molar-refractivity contribution in [2.75, 3.05) is 28.7 Å². The van der Waals surface area contributed by atoms with Crippen LogP contribution >= 0.6 is 0 Å². The molecule has 0 bridgehead atoms. The number of carbonyl (C=O) groups excluding carboxylic acids is 3. The minimum absolute atomic E-state index is 0.00434. The van der Waals surface area contributed by atoms with Crippen LogP contribution in [0.3, 0.4) is 0 Å². The third kappa shape index (κ3) is 6.19. The summed E-state index contributed by atoms with van der Waals surface area (Å²) >= 11 is 0. The number of rotatable bonds is 5. The van der Waals surface area contributed by atoms with Gasteiger partial charge in [0.15, 0.2) is 0 Å². The van der Waals surface area contributed by atoms with E-state index in [-0.39, 0.29) is 30.1 Å². The molecule has 2 aromatic carbocycles. The highest BCUT2D eigenvalue weighted by Crippen LogP contribution is 2.31. The standard InChI is InChI=1S/C23H26FN3O5/c1-23(2,3)32-22(30)26-17-14-15(8-9-16(17)24)25-20(28)10-11-21(29)27-12-13-31-19-7-5-4-6-18(19)27/h4-9,14H,10-13H2,1-3H3,(H,25,28)(H,26,30). The van der Waals surface area contributed by atoms with Crippen LogP contribution in [0.15, 0.2) is 42.5 Å². The Morgan fingerprint density at radius 2 is 1.84 bits per heavy atom. The van der Waals surface area contributed by atoms with Crippen LogP contribution in [0.2, 0.25) is 0 Å². The summed E-state index contributed by atoms with van der Waals surface area (Å²) in [7, 11) is 0. The van der Waals surface area contributed by atoms with Gasteiger partial charge in [-0.1, -0.05) is 12.1 Å². The molecule has 3 amide bonds. The topological polar surface area (TPSA) is 97.0 Å². The number of benzene rings is 2. The van der Waals surface area contributed by atoms with E-state index in [1.165, 1.54) is 12.1 Å². The zero-order chi connectivity index (χ0) is 23.3. The van der Waals surface area contributed by atoms with E-state index in [1.54, 1.807) is 37.8 Å². The van der Waals surface area contributed by atoms with E-state index in [1.807, 2.05) is 12.1 Å². The molecule has 0 radical (unpaired) electrons. The highest BCUT2D eigenvalue weighted by atomic mass is 19.1. The van der Waals surface area contributed by atoms with E-state index < -0.39 is 23.4 Å². The zero-order valence-corrected chi connectivity index (χ0v) is 18.2. The molecular formula is C23H26FN3O5. The Kier molecular flexibility index (Phi) is 6.97. The SMILES string of the molecule is CC(C)(C)OC(=O)Nc1cc(NC(=O)CCC(=O)N2CCOc3ccccc32)ccc1F. The normalized spacial score (nSPS) is 12.9. The van der Waals surface area contributed by atoms with Gasteiger partial charge in [-0.25, -0.2) is 9.18 Å². The second-order valence-corrected chi connectivity index (χ2v) is 8.23. The average molecular weight is 443 g/mol. The molecule has 0 unspecified atom stereocenters. The maximum Gasteiger partial charge on any atom is 0.412 e. The van der Waals surface area contributed by atoms with E-state index in [0.29, 0.717) is 24.6 Å². The number of anilines is 3. The molecule has 0 saturated heterocycles. The molecule has 1 aliphatic heterocycles. The Hall–Kier alpha value is -3.62. The second kappa shape index (κ2) is 9.67. The fourth-order valence-electron chi connectivity index (χ4n) is 3.12. The summed E-state index contributed by atoms with van der Waals surface area (Å²) in [6.45, 7) is 5.87. The Morgan fingerprint density at radius 3 is 2.59 bits per heavy atom. The second-order valence-electron chi connectivity index (χ2n) is 8.23. The van der Waals surface area contributed by atoms with Gasteiger partial charge >= 0.3 is 6.09 Å². The maximum atomic E-state index is 14.0. The maximum absolute atomic E-state index is 14.0. The van der Waals surface area contributed by atoms with Gasteiger partial charge in [0.2, 0.25) is 11.8 Å². The molecule has 0 aromatic heterocycles. The van der Waals surface area contributed by atoms with Crippen molar-refractivity contribution >= 4 is 35.0 Å². The predicted molar refractivity (Wildman–Crippen MR) is 118 cm³/mol. The molecule has 3 rings (SSSR count). The lowest BCUT2D eigenvalue weighted by atomic mass is 10.2. The molecule has 8 nitrogen and oxygen atoms in total. The molecule has 9 heteroatoms. The molecule has 0 saturated carbocycles. The zero-order valence-electron chi connectivity index (χ0n) is 18.2. The first-order chi connectivity index (χ1) is 15.1. The highest BCUT2D eigenvalue weighted by Gasteiger charge is 2.23. The van der Waals surface area contributed by atoms with Gasteiger partial charge in [-0.2, -0.15) is 0 Å². The van der Waals surface area contributed by atoms with Crippen LogP contribution in [-0.2, 0) is 14.3 Å². The fourth-order valence-corrected chi connectivity index (χ4v) is 3.12. The largest absolute Gasteiger partial charge is 0.490 e. The lowest BCUT2D eigenvalue weighted by molar-refractivity contribution is -0.122. The predicted octanol–water partition coefficient (Wildman–Crippen LogP) is 4.32. The van der Waals surface area contributed by atoms with Gasteiger partial charge in [-0.3, -0.25) is 14.9 Å². The number of hydrogen-bond donors (Lipinski definition) is 2. The van der Waals surface area contributed by atoms with Crippen molar-refractivity contribution in [2.45, 2.75) is 39.2 Å². The van der Waals surface area contributed by atoms with Gasteiger partial charge in [0, 0.05) is 18.5 Å². The van der Waals surface area contributed by atoms with Crippen molar-refractivity contribution in [1.29, 1.82) is 0 Å². The minimum Gasteiger partial charge on any atom is -0.490 e. The number of hydrogen-bond acceptors (Lipinski definition) is 5. The number of nitrogens with one attached hydrogen (secondary N) is 2. The van der Waals surface area contributed by atoms with Gasteiger partial charge in [-0.05, 0) is 51.1 Å². The smallest absolute Gasteiger partial charge is 0.412 e. The molecule has 2 N–H and O–H groups in total. The van der Waals surface area contributed by atoms with E-state index in [4.69, 9.17) is 9.47 Å². The number of halogens is 1. The molecule has 0 spiro atoms. The minimum atomic E-state index is -0.809. The summed E-state index contributed by atoms with van der Waals surface area (Å²) in [6.07, 6.45) is -0.856. The van der Waals surface area contributed by atoms with Gasteiger partial charge in [0.1, 0.15) is 23.8 Å². The van der Waals surface area contributed by atoms with Gasteiger partial charge in [0.25, 0.3) is 0 Å². The first kappa shape index (κ1) is 23.1. The summed E-state index contributed by atoms with van der Waals surface area (Å²) in [5.41, 5.74) is 0.102. The van der Waals surface area contributed by atoms with Crippen molar-refractivity contribution in [3.8, 4) is 5.75 Å². The lowest BCUT2D eigenvalue weighted by Gasteiger charge is -2.29. The van der Waals surface area contributed by atoms with Gasteiger partial charge < -0.3 is 19.7 Å². The van der Waals surface area contributed by atoms with Crippen LogP contribution in [0.4, 0.5) is 26.2 Å². The molecule has 170 valence electrons. The first-order valence-electron chi connectivity index (χ1n) is 10.2. The number of ether oxygens (including phenoxy) is 2. The van der Waals surface area contributed by atoms with Crippen molar-refractivity contribution in [2.24, 2.45) is 0 Å². The monoisotopic (exact) mass is 443 g/mol. The molecule has 1 heterocycles. The lowest BCUT2D eigenvalue weighted by Crippen LogP contribution is -2.38. The molecular weight excluding hydrogens is 417 g/mol. The first-order valence-corrected chi connectivity index (χ1v) is 10.2. The highest BCUT2D eigenvalue weighted by molar-refractivity contribution is 5.99. The van der Waals surface area contributed by atoms with Crippen molar-refractivity contribution in [3.05, 3.63) is 48.3 Å². The van der Waals surface area contributed by atoms with Crippen molar-refractivity contribution < 1.29 is 28.2 Å². The van der Waals surface area contributed by atoms with Gasteiger partial charge in [-0.15, -0.1) is 0 Å². The third-order valence-electron chi connectivity index (χ3n) is 4.48. The Morgan fingerprint density at radius 1 is 1.09 bits per heavy atom. The molecule has 2 aromatic rings. The van der Waals surface area contributed by atoms with E-state index in [2.05, 4.69) is 10.6 Å². The quantitative estimate of drug-likeness (QED) is 0.718. The molecule has 0 fully saturated rings. The summed E-state index contributed by atoms with van der Waals surface area (Å²) in [4.78, 5) is 38.5. The van der Waals surface area contributed by atoms with Gasteiger partial charge in [0.05, 0.1) is 17.9 Å². The number of carbonyl (C=O) groups is 3.